The van der Waals surface area contributed by atoms with Crippen LogP contribution >= 0.6 is 0 Å². The minimum Gasteiger partial charge on any atom is -0.464 e. The molecule has 0 bridgehead atoms. The third-order valence-corrected chi connectivity index (χ3v) is 4.47. The maximum Gasteiger partial charge on any atom is 0.244 e. The second-order valence-corrected chi connectivity index (χ2v) is 6.39. The highest BCUT2D eigenvalue weighted by molar-refractivity contribution is 7.89. The van der Waals surface area contributed by atoms with Gasteiger partial charge in [-0.05, 0) is 19.4 Å². The summed E-state index contributed by atoms with van der Waals surface area (Å²) in [6.07, 6.45) is 0. The molecule has 0 atom stereocenters. The molecule has 0 aliphatic heterocycles. The monoisotopic (exact) mass is 294 g/mol. The highest BCUT2D eigenvalue weighted by Gasteiger charge is 2.20. The third-order valence-electron chi connectivity index (χ3n) is 2.96. The maximum absolute atomic E-state index is 12.2. The Kier molecular flexibility index (Phi) is 4.27. The normalized spacial score (nSPS) is 11.8. The molecule has 108 valence electrons. The molecule has 3 N–H and O–H groups in total. The van der Waals surface area contributed by atoms with E-state index in [0.29, 0.717) is 11.5 Å². The number of nitrogens with one attached hydrogen (secondary N) is 1. The van der Waals surface area contributed by atoms with Gasteiger partial charge in [-0.1, -0.05) is 29.8 Å². The summed E-state index contributed by atoms with van der Waals surface area (Å²) in [7, 11) is -3.59. The van der Waals surface area contributed by atoms with Crippen molar-refractivity contribution in [2.24, 2.45) is 5.73 Å². The highest BCUT2D eigenvalue weighted by atomic mass is 32.2. The van der Waals surface area contributed by atoms with Gasteiger partial charge in [-0.25, -0.2) is 13.1 Å². The Balaban J connectivity index is 2.17. The Bertz CT molecular complexity index is 705. The van der Waals surface area contributed by atoms with Crippen molar-refractivity contribution in [3.63, 3.8) is 0 Å². The number of nitrogens with two attached hydrogens (primary N) is 1. The molecule has 0 saturated heterocycles. The Hall–Kier alpha value is -1.63. The van der Waals surface area contributed by atoms with E-state index in [1.165, 1.54) is 6.07 Å². The van der Waals surface area contributed by atoms with Gasteiger partial charge in [0.05, 0.1) is 6.54 Å². The molecule has 5 nitrogen and oxygen atoms in total. The van der Waals surface area contributed by atoms with Crippen LogP contribution in [0.1, 0.15) is 22.6 Å². The van der Waals surface area contributed by atoms with E-state index in [-0.39, 0.29) is 18.0 Å². The number of hydrogen-bond acceptors (Lipinski definition) is 4. The predicted molar refractivity (Wildman–Crippen MR) is 76.5 cm³/mol. The largest absolute Gasteiger partial charge is 0.464 e. The van der Waals surface area contributed by atoms with E-state index >= 15 is 0 Å². The van der Waals surface area contributed by atoms with Crippen molar-refractivity contribution >= 4 is 10.0 Å². The van der Waals surface area contributed by atoms with Crippen LogP contribution in [0.5, 0.6) is 0 Å². The lowest BCUT2D eigenvalue weighted by molar-refractivity contribution is 0.478. The zero-order valence-electron chi connectivity index (χ0n) is 11.5. The van der Waals surface area contributed by atoms with Crippen LogP contribution in [0, 0.1) is 13.8 Å². The van der Waals surface area contributed by atoms with E-state index in [0.717, 1.165) is 11.1 Å². The van der Waals surface area contributed by atoms with E-state index in [2.05, 4.69) is 4.72 Å². The van der Waals surface area contributed by atoms with Crippen LogP contribution in [0.2, 0.25) is 0 Å². The molecule has 1 heterocycles. The van der Waals surface area contributed by atoms with Gasteiger partial charge >= 0.3 is 0 Å². The molecule has 0 radical (unpaired) electrons. The molecule has 0 saturated carbocycles. The molecule has 0 aliphatic carbocycles. The van der Waals surface area contributed by atoms with E-state index in [1.54, 1.807) is 6.92 Å². The van der Waals surface area contributed by atoms with Gasteiger partial charge in [-0.3, -0.25) is 0 Å². The summed E-state index contributed by atoms with van der Waals surface area (Å²) < 4.78 is 32.3. The van der Waals surface area contributed by atoms with E-state index in [1.807, 2.05) is 31.2 Å². The molecule has 6 heteroatoms. The van der Waals surface area contributed by atoms with Crippen LogP contribution in [0.25, 0.3) is 0 Å². The number of benzene rings is 1. The first-order valence-electron chi connectivity index (χ1n) is 6.27. The Labute approximate surface area is 118 Å². The molecule has 0 unspecified atom stereocenters. The van der Waals surface area contributed by atoms with Crippen LogP contribution < -0.4 is 10.5 Å². The van der Waals surface area contributed by atoms with Crippen LogP contribution in [-0.4, -0.2) is 8.42 Å². The van der Waals surface area contributed by atoms with Crippen LogP contribution in [0.3, 0.4) is 0 Å². The predicted octanol–water partition coefficient (Wildman–Crippen LogP) is 1.83. The number of furan rings is 1. The van der Waals surface area contributed by atoms with Crippen LogP contribution in [-0.2, 0) is 23.1 Å². The second-order valence-electron chi connectivity index (χ2n) is 4.65. The molecule has 1 aromatic heterocycles. The first-order valence-corrected chi connectivity index (χ1v) is 7.75. The third kappa shape index (κ3) is 3.27. The Morgan fingerprint density at radius 3 is 2.60 bits per heavy atom. The first-order chi connectivity index (χ1) is 9.42. The average Bonchev–Trinajstić information content (AvgIpc) is 2.79. The number of hydrogen-bond donors (Lipinski definition) is 2. The van der Waals surface area contributed by atoms with Gasteiger partial charge < -0.3 is 10.2 Å². The Morgan fingerprint density at radius 1 is 1.25 bits per heavy atom. The van der Waals surface area contributed by atoms with Gasteiger partial charge in [0.2, 0.25) is 10.0 Å². The molecule has 0 spiro atoms. The molecule has 2 aromatic rings. The number of sulfonamides is 1. The highest BCUT2D eigenvalue weighted by Crippen LogP contribution is 2.19. The average molecular weight is 294 g/mol. The summed E-state index contributed by atoms with van der Waals surface area (Å²) in [5, 5.41) is 0. The summed E-state index contributed by atoms with van der Waals surface area (Å²) in [4.78, 5) is 0.144. The van der Waals surface area contributed by atoms with Gasteiger partial charge in [0.15, 0.2) is 0 Å². The minimum atomic E-state index is -3.59. The lowest BCUT2D eigenvalue weighted by Crippen LogP contribution is -2.23. The molecule has 0 fully saturated rings. The second kappa shape index (κ2) is 5.78. The summed E-state index contributed by atoms with van der Waals surface area (Å²) in [5.74, 6) is 0.806. The zero-order chi connectivity index (χ0) is 14.8. The van der Waals surface area contributed by atoms with Crippen molar-refractivity contribution in [2.75, 3.05) is 0 Å². The maximum atomic E-state index is 12.2. The van der Waals surface area contributed by atoms with Gasteiger partial charge in [-0.2, -0.15) is 0 Å². The number of aryl methyl sites for hydroxylation is 2. The SMILES string of the molecule is Cc1cccc(CNS(=O)(=O)c2cc(CN)oc2C)c1. The van der Waals surface area contributed by atoms with Crippen molar-refractivity contribution in [1.29, 1.82) is 0 Å². The van der Waals surface area contributed by atoms with E-state index in [4.69, 9.17) is 10.2 Å². The van der Waals surface area contributed by atoms with Crippen LogP contribution in [0.15, 0.2) is 39.6 Å². The topological polar surface area (TPSA) is 85.3 Å². The van der Waals surface area contributed by atoms with Crippen LogP contribution in [0.4, 0.5) is 0 Å². The van der Waals surface area contributed by atoms with Crippen molar-refractivity contribution < 1.29 is 12.8 Å². The summed E-state index contributed by atoms with van der Waals surface area (Å²) >= 11 is 0. The fourth-order valence-corrected chi connectivity index (χ4v) is 3.19. The minimum absolute atomic E-state index is 0.144. The van der Waals surface area contributed by atoms with E-state index in [9.17, 15) is 8.42 Å². The molecule has 2 rings (SSSR count). The van der Waals surface area contributed by atoms with Crippen molar-refractivity contribution in [2.45, 2.75) is 31.8 Å². The molecular weight excluding hydrogens is 276 g/mol. The summed E-state index contributed by atoms with van der Waals surface area (Å²) in [6, 6.07) is 9.15. The fourth-order valence-electron chi connectivity index (χ4n) is 1.97. The van der Waals surface area contributed by atoms with Crippen molar-refractivity contribution in [3.8, 4) is 0 Å². The number of rotatable bonds is 5. The molecule has 1 aromatic carbocycles. The fraction of sp³-hybridized carbons (Fsp3) is 0.286. The first kappa shape index (κ1) is 14.8. The molecule has 0 aliphatic rings. The van der Waals surface area contributed by atoms with Gasteiger partial charge in [0.25, 0.3) is 0 Å². The quantitative estimate of drug-likeness (QED) is 0.881. The lowest BCUT2D eigenvalue weighted by atomic mass is 10.1. The van der Waals surface area contributed by atoms with E-state index < -0.39 is 10.0 Å². The van der Waals surface area contributed by atoms with Crippen molar-refractivity contribution in [1.82, 2.24) is 4.72 Å². The lowest BCUT2D eigenvalue weighted by Gasteiger charge is -2.06. The standard InChI is InChI=1S/C14H18N2O3S/c1-10-4-3-5-12(6-10)9-16-20(17,18)14-7-13(8-15)19-11(14)2/h3-7,16H,8-9,15H2,1-2H3. The van der Waals surface area contributed by atoms with Gasteiger partial charge in [-0.15, -0.1) is 0 Å². The molecular formula is C14H18N2O3S. The van der Waals surface area contributed by atoms with Crippen molar-refractivity contribution in [3.05, 3.63) is 53.0 Å². The Morgan fingerprint density at radius 2 is 2.00 bits per heavy atom. The molecule has 0 amide bonds. The molecule has 20 heavy (non-hydrogen) atoms. The van der Waals surface area contributed by atoms with Gasteiger partial charge in [0, 0.05) is 12.6 Å². The smallest absolute Gasteiger partial charge is 0.244 e. The summed E-state index contributed by atoms with van der Waals surface area (Å²) in [6.45, 7) is 3.99. The zero-order valence-corrected chi connectivity index (χ0v) is 12.3. The van der Waals surface area contributed by atoms with Gasteiger partial charge in [0.1, 0.15) is 16.4 Å². The summed E-state index contributed by atoms with van der Waals surface area (Å²) in [5.41, 5.74) is 7.45.